The summed E-state index contributed by atoms with van der Waals surface area (Å²) in [4.78, 5) is 4.27. The molecular formula is C10H19N3O2. The first-order valence-corrected chi connectivity index (χ1v) is 5.35. The maximum atomic E-state index is 5.50. The molecular weight excluding hydrogens is 194 g/mol. The lowest BCUT2D eigenvalue weighted by Gasteiger charge is -2.25. The second-order valence-corrected chi connectivity index (χ2v) is 3.36. The zero-order valence-electron chi connectivity index (χ0n) is 9.83. The summed E-state index contributed by atoms with van der Waals surface area (Å²) in [6.45, 7) is 6.85. The van der Waals surface area contributed by atoms with Gasteiger partial charge in [-0.3, -0.25) is 0 Å². The summed E-state index contributed by atoms with van der Waals surface area (Å²) in [7, 11) is 1.68. The van der Waals surface area contributed by atoms with Gasteiger partial charge in [-0.05, 0) is 19.8 Å². The zero-order chi connectivity index (χ0) is 11.3. The number of methoxy groups -OCH3 is 1. The van der Waals surface area contributed by atoms with Crippen molar-refractivity contribution < 1.29 is 9.26 Å². The summed E-state index contributed by atoms with van der Waals surface area (Å²) in [5, 5.41) is 6.92. The average Bonchev–Trinajstić information content (AvgIpc) is 2.71. The van der Waals surface area contributed by atoms with Crippen molar-refractivity contribution >= 4 is 6.01 Å². The lowest BCUT2D eigenvalue weighted by molar-refractivity contribution is -0.0306. The van der Waals surface area contributed by atoms with Crippen LogP contribution in [0.2, 0.25) is 0 Å². The largest absolute Gasteiger partial charge is 0.370 e. The van der Waals surface area contributed by atoms with Crippen molar-refractivity contribution in [2.24, 2.45) is 0 Å². The van der Waals surface area contributed by atoms with E-state index in [2.05, 4.69) is 29.3 Å². The van der Waals surface area contributed by atoms with E-state index < -0.39 is 5.60 Å². The van der Waals surface area contributed by atoms with Gasteiger partial charge < -0.3 is 14.6 Å². The van der Waals surface area contributed by atoms with Gasteiger partial charge in [0.1, 0.15) is 5.60 Å². The van der Waals surface area contributed by atoms with Crippen LogP contribution < -0.4 is 5.32 Å². The normalized spacial score (nSPS) is 11.7. The number of aromatic nitrogens is 2. The van der Waals surface area contributed by atoms with E-state index in [1.807, 2.05) is 6.92 Å². The molecule has 0 aromatic carbocycles. The molecule has 0 aliphatic heterocycles. The Morgan fingerprint density at radius 1 is 1.33 bits per heavy atom. The van der Waals surface area contributed by atoms with E-state index in [1.54, 1.807) is 7.11 Å². The van der Waals surface area contributed by atoms with Crippen molar-refractivity contribution in [3.63, 3.8) is 0 Å². The number of hydrogen-bond donors (Lipinski definition) is 1. The molecule has 1 N–H and O–H groups in total. The Kier molecular flexibility index (Phi) is 4.08. The number of nitrogens with zero attached hydrogens (tertiary/aromatic N) is 2. The third kappa shape index (κ3) is 2.28. The van der Waals surface area contributed by atoms with Crippen molar-refractivity contribution in [2.45, 2.75) is 39.2 Å². The van der Waals surface area contributed by atoms with Crippen LogP contribution in [0, 0.1) is 0 Å². The van der Waals surface area contributed by atoms with Gasteiger partial charge in [0.05, 0.1) is 0 Å². The maximum Gasteiger partial charge on any atom is 0.321 e. The molecule has 1 aromatic rings. The molecule has 1 rings (SSSR count). The van der Waals surface area contributed by atoms with E-state index in [0.717, 1.165) is 19.4 Å². The highest BCUT2D eigenvalue weighted by Gasteiger charge is 2.33. The quantitative estimate of drug-likeness (QED) is 0.784. The van der Waals surface area contributed by atoms with Gasteiger partial charge in [0, 0.05) is 13.7 Å². The topological polar surface area (TPSA) is 60.2 Å². The number of nitrogens with one attached hydrogen (secondary N) is 1. The van der Waals surface area contributed by atoms with Gasteiger partial charge in [0.15, 0.2) is 0 Å². The van der Waals surface area contributed by atoms with E-state index in [9.17, 15) is 0 Å². The lowest BCUT2D eigenvalue weighted by atomic mass is 9.96. The molecule has 15 heavy (non-hydrogen) atoms. The molecule has 0 aliphatic rings. The number of rotatable bonds is 6. The van der Waals surface area contributed by atoms with Crippen LogP contribution in [0.15, 0.2) is 4.52 Å². The van der Waals surface area contributed by atoms with Gasteiger partial charge in [-0.25, -0.2) is 0 Å². The number of anilines is 1. The van der Waals surface area contributed by atoms with Crippen molar-refractivity contribution in [1.82, 2.24) is 10.1 Å². The second kappa shape index (κ2) is 5.11. The molecule has 0 spiro atoms. The van der Waals surface area contributed by atoms with Crippen LogP contribution in [0.1, 0.15) is 39.4 Å². The van der Waals surface area contributed by atoms with Crippen LogP contribution in [-0.4, -0.2) is 23.8 Å². The van der Waals surface area contributed by atoms with E-state index in [0.29, 0.717) is 11.8 Å². The minimum absolute atomic E-state index is 0.419. The molecule has 0 unspecified atom stereocenters. The Morgan fingerprint density at radius 2 is 2.00 bits per heavy atom. The highest BCUT2D eigenvalue weighted by Crippen LogP contribution is 2.30. The molecule has 86 valence electrons. The van der Waals surface area contributed by atoms with E-state index in [1.165, 1.54) is 0 Å². The van der Waals surface area contributed by atoms with Gasteiger partial charge >= 0.3 is 6.01 Å². The minimum atomic E-state index is -0.419. The van der Waals surface area contributed by atoms with Gasteiger partial charge in [-0.2, -0.15) is 4.98 Å². The zero-order valence-corrected chi connectivity index (χ0v) is 9.83. The van der Waals surface area contributed by atoms with Gasteiger partial charge in [0.2, 0.25) is 5.82 Å². The van der Waals surface area contributed by atoms with Crippen LogP contribution in [0.25, 0.3) is 0 Å². The molecule has 5 nitrogen and oxygen atoms in total. The van der Waals surface area contributed by atoms with Crippen LogP contribution in [0.5, 0.6) is 0 Å². The van der Waals surface area contributed by atoms with Crippen LogP contribution >= 0.6 is 0 Å². The molecule has 0 atom stereocenters. The molecule has 5 heteroatoms. The van der Waals surface area contributed by atoms with Crippen LogP contribution in [0.4, 0.5) is 6.01 Å². The third-order valence-corrected chi connectivity index (χ3v) is 2.69. The Balaban J connectivity index is 2.91. The summed E-state index contributed by atoms with van der Waals surface area (Å²) in [5.41, 5.74) is -0.419. The fourth-order valence-electron chi connectivity index (χ4n) is 1.58. The van der Waals surface area contributed by atoms with Crippen molar-refractivity contribution in [3.05, 3.63) is 5.82 Å². The third-order valence-electron chi connectivity index (χ3n) is 2.69. The summed E-state index contributed by atoms with van der Waals surface area (Å²) in [6, 6.07) is 0.454. The summed E-state index contributed by atoms with van der Waals surface area (Å²) < 4.78 is 10.6. The molecule has 0 aliphatic carbocycles. The van der Waals surface area contributed by atoms with Gasteiger partial charge in [-0.15, -0.1) is 0 Å². The van der Waals surface area contributed by atoms with Crippen molar-refractivity contribution in [2.75, 3.05) is 19.0 Å². The van der Waals surface area contributed by atoms with E-state index >= 15 is 0 Å². The minimum Gasteiger partial charge on any atom is -0.370 e. The fourth-order valence-corrected chi connectivity index (χ4v) is 1.58. The number of hydrogen-bond acceptors (Lipinski definition) is 5. The monoisotopic (exact) mass is 213 g/mol. The molecule has 0 saturated heterocycles. The summed E-state index contributed by atoms with van der Waals surface area (Å²) >= 11 is 0. The molecule has 0 amide bonds. The number of ether oxygens (including phenoxy) is 1. The smallest absolute Gasteiger partial charge is 0.321 e. The summed E-state index contributed by atoms with van der Waals surface area (Å²) in [6.07, 6.45) is 1.65. The predicted octanol–water partition coefficient (Wildman–Crippen LogP) is 2.16. The lowest BCUT2D eigenvalue weighted by Crippen LogP contribution is -2.28. The molecule has 0 bridgehead atoms. The van der Waals surface area contributed by atoms with Gasteiger partial charge in [0.25, 0.3) is 0 Å². The first kappa shape index (κ1) is 12.0. The molecule has 0 fully saturated rings. The predicted molar refractivity (Wildman–Crippen MR) is 57.7 cm³/mol. The highest BCUT2D eigenvalue weighted by molar-refractivity contribution is 5.19. The van der Waals surface area contributed by atoms with Gasteiger partial charge in [-0.1, -0.05) is 19.0 Å². The Bertz CT molecular complexity index is 286. The first-order valence-electron chi connectivity index (χ1n) is 5.35. The Morgan fingerprint density at radius 3 is 2.47 bits per heavy atom. The maximum absolute atomic E-state index is 5.50. The van der Waals surface area contributed by atoms with Crippen LogP contribution in [0.3, 0.4) is 0 Å². The SMILES string of the molecule is CCNc1nc(C(CC)(CC)OC)no1. The molecule has 0 saturated carbocycles. The van der Waals surface area contributed by atoms with E-state index in [-0.39, 0.29) is 0 Å². The fraction of sp³-hybridized carbons (Fsp3) is 0.800. The first-order chi connectivity index (χ1) is 7.22. The Labute approximate surface area is 90.2 Å². The molecule has 1 heterocycles. The second-order valence-electron chi connectivity index (χ2n) is 3.36. The summed E-state index contributed by atoms with van der Waals surface area (Å²) in [5.74, 6) is 0.617. The van der Waals surface area contributed by atoms with E-state index in [4.69, 9.17) is 9.26 Å². The molecule has 0 radical (unpaired) electrons. The Hall–Kier alpha value is -1.10. The average molecular weight is 213 g/mol. The van der Waals surface area contributed by atoms with Crippen molar-refractivity contribution in [3.8, 4) is 0 Å². The standard InChI is InChI=1S/C10H19N3O2/c1-5-10(6-2,14-4)8-12-9(11-7-3)15-13-8/h5-7H2,1-4H3,(H,11,12,13). The van der Waals surface area contributed by atoms with Crippen LogP contribution in [-0.2, 0) is 10.3 Å². The van der Waals surface area contributed by atoms with Crippen molar-refractivity contribution in [1.29, 1.82) is 0 Å². The highest BCUT2D eigenvalue weighted by atomic mass is 16.5. The molecule has 1 aromatic heterocycles.